The van der Waals surface area contributed by atoms with E-state index in [0.29, 0.717) is 0 Å². The van der Waals surface area contributed by atoms with Gasteiger partial charge >= 0.3 is 0 Å². The first-order chi connectivity index (χ1) is 8.74. The zero-order chi connectivity index (χ0) is 12.5. The van der Waals surface area contributed by atoms with E-state index in [2.05, 4.69) is 9.55 Å². The molecule has 1 heterocycles. The third-order valence-electron chi connectivity index (χ3n) is 3.56. The second-order valence-electron chi connectivity index (χ2n) is 4.82. The SMILES string of the molecule is Nc1ccc(Cl)cc1Cn1cnc2c1CCCC2. The summed E-state index contributed by atoms with van der Waals surface area (Å²) in [4.78, 5) is 4.49. The molecule has 0 saturated carbocycles. The monoisotopic (exact) mass is 261 g/mol. The molecule has 18 heavy (non-hydrogen) atoms. The van der Waals surface area contributed by atoms with Crippen molar-refractivity contribution in [3.8, 4) is 0 Å². The molecule has 3 nitrogen and oxygen atoms in total. The number of fused-ring (bicyclic) bond motifs is 1. The van der Waals surface area contributed by atoms with Crippen LogP contribution in [0.25, 0.3) is 0 Å². The average molecular weight is 262 g/mol. The van der Waals surface area contributed by atoms with Crippen LogP contribution in [0.15, 0.2) is 24.5 Å². The number of nitrogens with zero attached hydrogens (tertiary/aromatic N) is 2. The highest BCUT2D eigenvalue weighted by Crippen LogP contribution is 2.23. The molecular formula is C14H16ClN3. The topological polar surface area (TPSA) is 43.8 Å². The van der Waals surface area contributed by atoms with Crippen LogP contribution in [0.4, 0.5) is 5.69 Å². The molecule has 0 unspecified atom stereocenters. The molecule has 2 N–H and O–H groups in total. The number of imidazole rings is 1. The van der Waals surface area contributed by atoms with Gasteiger partial charge in [-0.1, -0.05) is 11.6 Å². The van der Waals surface area contributed by atoms with E-state index < -0.39 is 0 Å². The highest BCUT2D eigenvalue weighted by Gasteiger charge is 2.15. The number of anilines is 1. The third-order valence-corrected chi connectivity index (χ3v) is 3.79. The predicted octanol–water partition coefficient (Wildman–Crippen LogP) is 3.05. The van der Waals surface area contributed by atoms with Crippen LogP contribution in [0.3, 0.4) is 0 Å². The first-order valence-electron chi connectivity index (χ1n) is 6.31. The Hall–Kier alpha value is -1.48. The van der Waals surface area contributed by atoms with Crippen molar-refractivity contribution in [2.24, 2.45) is 0 Å². The van der Waals surface area contributed by atoms with Gasteiger partial charge in [0.2, 0.25) is 0 Å². The second-order valence-corrected chi connectivity index (χ2v) is 5.25. The molecule has 0 atom stereocenters. The van der Waals surface area contributed by atoms with E-state index in [1.165, 1.54) is 24.2 Å². The number of aromatic nitrogens is 2. The average Bonchev–Trinajstić information content (AvgIpc) is 2.78. The van der Waals surface area contributed by atoms with Crippen molar-refractivity contribution in [2.45, 2.75) is 32.2 Å². The fourth-order valence-electron chi connectivity index (χ4n) is 2.56. The van der Waals surface area contributed by atoms with Gasteiger partial charge in [-0.05, 0) is 49.4 Å². The number of nitrogens with two attached hydrogens (primary N) is 1. The van der Waals surface area contributed by atoms with Gasteiger partial charge in [-0.2, -0.15) is 0 Å². The maximum absolute atomic E-state index is 6.02. The van der Waals surface area contributed by atoms with Crippen molar-refractivity contribution in [3.63, 3.8) is 0 Å². The minimum Gasteiger partial charge on any atom is -0.398 e. The Morgan fingerprint density at radius 2 is 2.11 bits per heavy atom. The van der Waals surface area contributed by atoms with Crippen molar-refractivity contribution in [1.82, 2.24) is 9.55 Å². The fraction of sp³-hybridized carbons (Fsp3) is 0.357. The van der Waals surface area contributed by atoms with Crippen LogP contribution in [0.2, 0.25) is 5.02 Å². The minimum atomic E-state index is 0.730. The van der Waals surface area contributed by atoms with Crippen LogP contribution in [-0.4, -0.2) is 9.55 Å². The summed E-state index contributed by atoms with van der Waals surface area (Å²) in [6, 6.07) is 5.62. The predicted molar refractivity (Wildman–Crippen MR) is 73.8 cm³/mol. The molecule has 0 fully saturated rings. The Morgan fingerprint density at radius 3 is 3.00 bits per heavy atom. The van der Waals surface area contributed by atoms with Gasteiger partial charge in [0.15, 0.2) is 0 Å². The maximum atomic E-state index is 6.02. The van der Waals surface area contributed by atoms with E-state index in [-0.39, 0.29) is 0 Å². The molecule has 1 aromatic heterocycles. The molecule has 0 aliphatic heterocycles. The molecule has 0 radical (unpaired) electrons. The largest absolute Gasteiger partial charge is 0.398 e. The summed E-state index contributed by atoms with van der Waals surface area (Å²) < 4.78 is 2.20. The minimum absolute atomic E-state index is 0.730. The van der Waals surface area contributed by atoms with Crippen molar-refractivity contribution in [3.05, 3.63) is 46.5 Å². The summed E-state index contributed by atoms with van der Waals surface area (Å²) in [6.45, 7) is 0.759. The van der Waals surface area contributed by atoms with Crippen LogP contribution >= 0.6 is 11.6 Å². The molecule has 94 valence electrons. The van der Waals surface area contributed by atoms with Crippen molar-refractivity contribution >= 4 is 17.3 Å². The second kappa shape index (κ2) is 4.65. The van der Waals surface area contributed by atoms with Crippen LogP contribution in [0, 0.1) is 0 Å². The van der Waals surface area contributed by atoms with E-state index >= 15 is 0 Å². The van der Waals surface area contributed by atoms with Crippen LogP contribution < -0.4 is 5.73 Å². The smallest absolute Gasteiger partial charge is 0.0954 e. The lowest BCUT2D eigenvalue weighted by Gasteiger charge is -2.15. The van der Waals surface area contributed by atoms with Crippen molar-refractivity contribution in [2.75, 3.05) is 5.73 Å². The van der Waals surface area contributed by atoms with E-state index in [9.17, 15) is 0 Å². The lowest BCUT2D eigenvalue weighted by atomic mass is 10.0. The first-order valence-corrected chi connectivity index (χ1v) is 6.68. The molecule has 3 rings (SSSR count). The fourth-order valence-corrected chi connectivity index (χ4v) is 2.76. The normalized spacial score (nSPS) is 14.5. The Labute approximate surface area is 112 Å². The number of rotatable bonds is 2. The number of hydrogen-bond acceptors (Lipinski definition) is 2. The highest BCUT2D eigenvalue weighted by atomic mass is 35.5. The third kappa shape index (κ3) is 2.10. The Balaban J connectivity index is 1.92. The lowest BCUT2D eigenvalue weighted by molar-refractivity contribution is 0.629. The van der Waals surface area contributed by atoms with Gasteiger partial charge in [0.1, 0.15) is 0 Å². The van der Waals surface area contributed by atoms with Crippen LogP contribution in [0.5, 0.6) is 0 Å². The summed E-state index contributed by atoms with van der Waals surface area (Å²) in [7, 11) is 0. The van der Waals surface area contributed by atoms with Crippen LogP contribution in [0.1, 0.15) is 29.8 Å². The van der Waals surface area contributed by atoms with Gasteiger partial charge in [0, 0.05) is 16.4 Å². The number of benzene rings is 1. The zero-order valence-corrected chi connectivity index (χ0v) is 11.0. The standard InChI is InChI=1S/C14H16ClN3/c15-11-5-6-12(16)10(7-11)8-18-9-17-13-3-1-2-4-14(13)18/h5-7,9H,1-4,8,16H2. The Bertz CT molecular complexity index is 574. The zero-order valence-electron chi connectivity index (χ0n) is 10.2. The Kier molecular flexibility index (Phi) is 3.00. The molecule has 4 heteroatoms. The number of aryl methyl sites for hydroxylation is 1. The highest BCUT2D eigenvalue weighted by molar-refractivity contribution is 6.30. The van der Waals surface area contributed by atoms with E-state index in [0.717, 1.165) is 35.7 Å². The van der Waals surface area contributed by atoms with E-state index in [1.807, 2.05) is 24.5 Å². The first kappa shape index (κ1) is 11.6. The summed E-state index contributed by atoms with van der Waals surface area (Å²) in [5, 5.41) is 0.730. The molecule has 2 aromatic rings. The maximum Gasteiger partial charge on any atom is 0.0954 e. The molecule has 1 aromatic carbocycles. The molecule has 0 saturated heterocycles. The van der Waals surface area contributed by atoms with E-state index in [1.54, 1.807) is 0 Å². The summed E-state index contributed by atoms with van der Waals surface area (Å²) in [6.07, 6.45) is 6.66. The van der Waals surface area contributed by atoms with Gasteiger partial charge in [-0.25, -0.2) is 4.98 Å². The molecule has 0 bridgehead atoms. The molecule has 0 amide bonds. The number of halogens is 1. The van der Waals surface area contributed by atoms with Gasteiger partial charge in [-0.15, -0.1) is 0 Å². The Morgan fingerprint density at radius 1 is 1.28 bits per heavy atom. The van der Waals surface area contributed by atoms with Gasteiger partial charge in [0.05, 0.1) is 18.6 Å². The quantitative estimate of drug-likeness (QED) is 0.845. The van der Waals surface area contributed by atoms with Gasteiger partial charge in [-0.3, -0.25) is 0 Å². The number of hydrogen-bond donors (Lipinski definition) is 1. The molecule has 1 aliphatic rings. The molecule has 0 spiro atoms. The van der Waals surface area contributed by atoms with Crippen LogP contribution in [-0.2, 0) is 19.4 Å². The molecule has 1 aliphatic carbocycles. The van der Waals surface area contributed by atoms with Crippen molar-refractivity contribution < 1.29 is 0 Å². The lowest BCUT2D eigenvalue weighted by Crippen LogP contribution is -2.10. The summed E-state index contributed by atoms with van der Waals surface area (Å²) >= 11 is 6.02. The summed E-state index contributed by atoms with van der Waals surface area (Å²) in [5.74, 6) is 0. The molecular weight excluding hydrogens is 246 g/mol. The summed E-state index contributed by atoms with van der Waals surface area (Å²) in [5.41, 5.74) is 10.5. The van der Waals surface area contributed by atoms with Gasteiger partial charge in [0.25, 0.3) is 0 Å². The van der Waals surface area contributed by atoms with E-state index in [4.69, 9.17) is 17.3 Å². The van der Waals surface area contributed by atoms with Crippen molar-refractivity contribution in [1.29, 1.82) is 0 Å². The van der Waals surface area contributed by atoms with Gasteiger partial charge < -0.3 is 10.3 Å². The number of nitrogen functional groups attached to an aromatic ring is 1.